The molecule has 2 fully saturated rings. The van der Waals surface area contributed by atoms with E-state index in [9.17, 15) is 0 Å². The third-order valence-corrected chi connectivity index (χ3v) is 6.16. The third kappa shape index (κ3) is 3.21. The summed E-state index contributed by atoms with van der Waals surface area (Å²) >= 11 is 6.21. The first-order valence-electron chi connectivity index (χ1n) is 9.89. The van der Waals surface area contributed by atoms with Crippen molar-refractivity contribution in [1.29, 1.82) is 0 Å². The van der Waals surface area contributed by atoms with E-state index < -0.39 is 0 Å². The Kier molecular flexibility index (Phi) is 4.33. The Morgan fingerprint density at radius 2 is 1.92 bits per heavy atom. The van der Waals surface area contributed by atoms with E-state index in [0.29, 0.717) is 11.8 Å². The summed E-state index contributed by atoms with van der Waals surface area (Å²) in [6.45, 7) is 4.15. The normalized spacial score (nSPS) is 23.0. The van der Waals surface area contributed by atoms with Crippen molar-refractivity contribution in [3.8, 4) is 0 Å². The fourth-order valence-electron chi connectivity index (χ4n) is 4.31. The molecule has 0 bridgehead atoms. The molecule has 3 aliphatic rings. The van der Waals surface area contributed by atoms with E-state index in [2.05, 4.69) is 28.4 Å². The van der Waals surface area contributed by atoms with Crippen LogP contribution in [0.3, 0.4) is 0 Å². The number of nitrogens with one attached hydrogen (secondary N) is 1. The van der Waals surface area contributed by atoms with Crippen molar-refractivity contribution in [3.63, 3.8) is 0 Å². The Balaban J connectivity index is 1.47. The monoisotopic (exact) mass is 368 g/mol. The Bertz CT molecular complexity index is 818. The zero-order valence-electron chi connectivity index (χ0n) is 15.0. The zero-order valence-corrected chi connectivity index (χ0v) is 15.8. The van der Waals surface area contributed by atoms with Gasteiger partial charge in [0.25, 0.3) is 0 Å². The molecule has 2 aliphatic heterocycles. The van der Waals surface area contributed by atoms with Gasteiger partial charge in [-0.1, -0.05) is 23.7 Å². The van der Waals surface area contributed by atoms with Crippen LogP contribution in [0.5, 0.6) is 0 Å². The Morgan fingerprint density at radius 1 is 1.04 bits per heavy atom. The standard InChI is InChI=1S/C21H25ClN4/c22-17-3-1-2-15(12-17)16-8-11-26(13-16)21-18-6-9-23-10-7-19(18)24-20(25-21)14-4-5-14/h1-3,12,14,16,23H,4-11,13H2. The predicted octanol–water partition coefficient (Wildman–Crippen LogP) is 3.69. The molecular weight excluding hydrogens is 344 g/mol. The van der Waals surface area contributed by atoms with Gasteiger partial charge in [-0.25, -0.2) is 9.97 Å². The summed E-state index contributed by atoms with van der Waals surface area (Å²) in [5.74, 6) is 3.44. The first-order valence-corrected chi connectivity index (χ1v) is 10.3. The highest BCUT2D eigenvalue weighted by Gasteiger charge is 2.32. The minimum absolute atomic E-state index is 0.535. The molecule has 0 radical (unpaired) electrons. The van der Waals surface area contributed by atoms with Gasteiger partial charge in [-0.2, -0.15) is 0 Å². The van der Waals surface area contributed by atoms with Gasteiger partial charge in [-0.3, -0.25) is 0 Å². The van der Waals surface area contributed by atoms with Crippen molar-refractivity contribution in [2.45, 2.75) is 43.9 Å². The van der Waals surface area contributed by atoms with Crippen LogP contribution >= 0.6 is 11.6 Å². The van der Waals surface area contributed by atoms with Crippen LogP contribution in [0.4, 0.5) is 5.82 Å². The second-order valence-electron chi connectivity index (χ2n) is 7.84. The van der Waals surface area contributed by atoms with E-state index in [1.165, 1.54) is 35.5 Å². The summed E-state index contributed by atoms with van der Waals surface area (Å²) in [7, 11) is 0. The maximum absolute atomic E-state index is 6.21. The molecule has 1 atom stereocenters. The number of hydrogen-bond donors (Lipinski definition) is 1. The van der Waals surface area contributed by atoms with Crippen molar-refractivity contribution < 1.29 is 0 Å². The molecule has 4 nitrogen and oxygen atoms in total. The largest absolute Gasteiger partial charge is 0.356 e. The summed E-state index contributed by atoms with van der Waals surface area (Å²) in [5, 5.41) is 4.35. The molecular formula is C21H25ClN4. The third-order valence-electron chi connectivity index (χ3n) is 5.93. The van der Waals surface area contributed by atoms with Gasteiger partial charge in [0.2, 0.25) is 0 Å². The number of rotatable bonds is 3. The van der Waals surface area contributed by atoms with Crippen LogP contribution in [-0.4, -0.2) is 36.1 Å². The average Bonchev–Trinajstić information content (AvgIpc) is 3.42. The second-order valence-corrected chi connectivity index (χ2v) is 8.28. The molecule has 1 aromatic carbocycles. The van der Waals surface area contributed by atoms with E-state index in [-0.39, 0.29) is 0 Å². The minimum atomic E-state index is 0.535. The van der Waals surface area contributed by atoms with Gasteiger partial charge in [0, 0.05) is 48.5 Å². The van der Waals surface area contributed by atoms with Crippen molar-refractivity contribution in [2.24, 2.45) is 0 Å². The summed E-state index contributed by atoms with van der Waals surface area (Å²) in [4.78, 5) is 12.5. The lowest BCUT2D eigenvalue weighted by Gasteiger charge is -2.23. The quantitative estimate of drug-likeness (QED) is 0.897. The highest BCUT2D eigenvalue weighted by atomic mass is 35.5. The molecule has 0 amide bonds. The van der Waals surface area contributed by atoms with Crippen LogP contribution in [0, 0.1) is 0 Å². The fraction of sp³-hybridized carbons (Fsp3) is 0.524. The molecule has 2 aromatic rings. The van der Waals surface area contributed by atoms with E-state index >= 15 is 0 Å². The van der Waals surface area contributed by atoms with Gasteiger partial charge >= 0.3 is 0 Å². The lowest BCUT2D eigenvalue weighted by Crippen LogP contribution is -2.24. The smallest absolute Gasteiger partial charge is 0.135 e. The highest BCUT2D eigenvalue weighted by Crippen LogP contribution is 2.40. The van der Waals surface area contributed by atoms with Crippen LogP contribution in [0.25, 0.3) is 0 Å². The van der Waals surface area contributed by atoms with E-state index in [1.54, 1.807) is 0 Å². The summed E-state index contributed by atoms with van der Waals surface area (Å²) in [6.07, 6.45) is 5.73. The number of aromatic nitrogens is 2. The second kappa shape index (κ2) is 6.82. The number of anilines is 1. The Morgan fingerprint density at radius 3 is 2.77 bits per heavy atom. The van der Waals surface area contributed by atoms with Gasteiger partial charge in [-0.15, -0.1) is 0 Å². The van der Waals surface area contributed by atoms with Crippen molar-refractivity contribution in [1.82, 2.24) is 15.3 Å². The molecule has 0 spiro atoms. The summed E-state index contributed by atoms with van der Waals surface area (Å²) in [6, 6.07) is 8.35. The van der Waals surface area contributed by atoms with Crippen LogP contribution in [0.2, 0.25) is 5.02 Å². The zero-order chi connectivity index (χ0) is 17.5. The number of hydrogen-bond acceptors (Lipinski definition) is 4. The molecule has 1 unspecified atom stereocenters. The molecule has 1 saturated heterocycles. The highest BCUT2D eigenvalue weighted by molar-refractivity contribution is 6.30. The van der Waals surface area contributed by atoms with Gasteiger partial charge in [0.1, 0.15) is 11.6 Å². The van der Waals surface area contributed by atoms with Crippen LogP contribution < -0.4 is 10.2 Å². The molecule has 3 heterocycles. The molecule has 5 heteroatoms. The van der Waals surface area contributed by atoms with Crippen LogP contribution in [0.15, 0.2) is 24.3 Å². The summed E-state index contributed by atoms with van der Waals surface area (Å²) < 4.78 is 0. The van der Waals surface area contributed by atoms with Gasteiger partial charge in [0.05, 0.1) is 5.69 Å². The number of nitrogens with zero attached hydrogens (tertiary/aromatic N) is 3. The number of fused-ring (bicyclic) bond motifs is 1. The molecule has 1 N–H and O–H groups in total. The van der Waals surface area contributed by atoms with E-state index in [1.807, 2.05) is 6.07 Å². The van der Waals surface area contributed by atoms with Crippen molar-refractivity contribution >= 4 is 17.4 Å². The topological polar surface area (TPSA) is 41.1 Å². The average molecular weight is 369 g/mol. The molecule has 5 rings (SSSR count). The van der Waals surface area contributed by atoms with Gasteiger partial charge < -0.3 is 10.2 Å². The van der Waals surface area contributed by atoms with Crippen LogP contribution in [-0.2, 0) is 12.8 Å². The molecule has 136 valence electrons. The number of benzene rings is 1. The van der Waals surface area contributed by atoms with Crippen LogP contribution in [0.1, 0.15) is 53.7 Å². The molecule has 26 heavy (non-hydrogen) atoms. The molecule has 1 aliphatic carbocycles. The maximum atomic E-state index is 6.21. The first-order chi connectivity index (χ1) is 12.8. The number of halogens is 1. The Hall–Kier alpha value is -1.65. The SMILES string of the molecule is Clc1cccc(C2CCN(c3nc(C4CC4)nc4c3CCNCC4)C2)c1. The first kappa shape index (κ1) is 16.5. The van der Waals surface area contributed by atoms with Gasteiger partial charge in [-0.05, 0) is 49.9 Å². The molecule has 1 aromatic heterocycles. The Labute approximate surface area is 160 Å². The minimum Gasteiger partial charge on any atom is -0.356 e. The lowest BCUT2D eigenvalue weighted by molar-refractivity contribution is 0.707. The van der Waals surface area contributed by atoms with E-state index in [4.69, 9.17) is 21.6 Å². The molecule has 1 saturated carbocycles. The van der Waals surface area contributed by atoms with Gasteiger partial charge in [0.15, 0.2) is 0 Å². The van der Waals surface area contributed by atoms with E-state index in [0.717, 1.165) is 56.3 Å². The predicted molar refractivity (Wildman–Crippen MR) is 105 cm³/mol. The lowest BCUT2D eigenvalue weighted by atomic mass is 9.99. The van der Waals surface area contributed by atoms with Crippen molar-refractivity contribution in [2.75, 3.05) is 31.1 Å². The summed E-state index contributed by atoms with van der Waals surface area (Å²) in [5.41, 5.74) is 4.02. The fourth-order valence-corrected chi connectivity index (χ4v) is 4.51. The maximum Gasteiger partial charge on any atom is 0.135 e. The van der Waals surface area contributed by atoms with Crippen molar-refractivity contribution in [3.05, 3.63) is 51.9 Å².